The van der Waals surface area contributed by atoms with E-state index in [0.717, 1.165) is 0 Å². The Hall–Kier alpha value is -2.11. The molecule has 6 heteroatoms. The smallest absolute Gasteiger partial charge is 0.341 e. The lowest BCUT2D eigenvalue weighted by atomic mass is 10.3. The summed E-state index contributed by atoms with van der Waals surface area (Å²) in [7, 11) is 0. The molecule has 0 saturated carbocycles. The summed E-state index contributed by atoms with van der Waals surface area (Å²) in [6.45, 7) is 0. The molecule has 0 aromatic carbocycles. The highest BCUT2D eigenvalue weighted by atomic mass is 16.4. The molecular formula is C7H6N4O2. The zero-order chi connectivity index (χ0) is 9.26. The number of aromatic carboxylic acids is 1. The van der Waals surface area contributed by atoms with Crippen molar-refractivity contribution in [1.82, 2.24) is 20.0 Å². The van der Waals surface area contributed by atoms with Crippen LogP contribution in [-0.4, -0.2) is 31.1 Å². The van der Waals surface area contributed by atoms with Gasteiger partial charge in [0.05, 0.1) is 6.20 Å². The molecule has 2 aromatic rings. The van der Waals surface area contributed by atoms with E-state index in [0.29, 0.717) is 5.82 Å². The fourth-order valence-electron chi connectivity index (χ4n) is 1.01. The highest BCUT2D eigenvalue weighted by Crippen LogP contribution is 2.08. The minimum atomic E-state index is -1.03. The number of H-pyrrole nitrogens is 1. The molecule has 0 unspecified atom stereocenters. The molecule has 0 aliphatic heterocycles. The predicted octanol–water partition coefficient (Wildman–Crippen LogP) is 0.294. The highest BCUT2D eigenvalue weighted by molar-refractivity contribution is 5.90. The monoisotopic (exact) mass is 178 g/mol. The highest BCUT2D eigenvalue weighted by Gasteiger charge is 2.13. The number of hydrogen-bond donors (Lipinski definition) is 2. The molecule has 2 aromatic heterocycles. The van der Waals surface area contributed by atoms with Crippen LogP contribution in [0.25, 0.3) is 5.82 Å². The van der Waals surface area contributed by atoms with Crippen molar-refractivity contribution in [3.05, 3.63) is 30.2 Å². The lowest BCUT2D eigenvalue weighted by Crippen LogP contribution is -2.03. The van der Waals surface area contributed by atoms with Gasteiger partial charge < -0.3 is 5.11 Å². The van der Waals surface area contributed by atoms with Crippen LogP contribution in [0, 0.1) is 0 Å². The van der Waals surface area contributed by atoms with Crippen molar-refractivity contribution in [3.63, 3.8) is 0 Å². The first-order valence-electron chi connectivity index (χ1n) is 3.55. The Morgan fingerprint density at radius 2 is 2.46 bits per heavy atom. The summed E-state index contributed by atoms with van der Waals surface area (Å²) in [6.07, 6.45) is 4.45. The van der Waals surface area contributed by atoms with E-state index in [9.17, 15) is 4.79 Å². The van der Waals surface area contributed by atoms with E-state index in [1.165, 1.54) is 10.9 Å². The van der Waals surface area contributed by atoms with E-state index in [1.54, 1.807) is 18.5 Å². The first-order chi connectivity index (χ1) is 6.29. The van der Waals surface area contributed by atoms with Gasteiger partial charge in [0.2, 0.25) is 0 Å². The van der Waals surface area contributed by atoms with Crippen LogP contribution in [0.3, 0.4) is 0 Å². The Labute approximate surface area is 72.8 Å². The van der Waals surface area contributed by atoms with Crippen molar-refractivity contribution in [1.29, 1.82) is 0 Å². The molecule has 0 saturated heterocycles. The van der Waals surface area contributed by atoms with E-state index in [2.05, 4.69) is 15.3 Å². The van der Waals surface area contributed by atoms with Crippen molar-refractivity contribution in [2.24, 2.45) is 0 Å². The molecule has 2 N–H and O–H groups in total. The summed E-state index contributed by atoms with van der Waals surface area (Å²) in [5.74, 6) is -0.670. The van der Waals surface area contributed by atoms with Crippen LogP contribution in [0.1, 0.15) is 10.4 Å². The summed E-state index contributed by atoms with van der Waals surface area (Å²) in [5.41, 5.74) is 0.101. The molecule has 0 aliphatic rings. The number of nitrogens with one attached hydrogen (secondary N) is 1. The topological polar surface area (TPSA) is 83.8 Å². The first kappa shape index (κ1) is 7.53. The Morgan fingerprint density at radius 3 is 3.08 bits per heavy atom. The fraction of sp³-hybridized carbons (Fsp3) is 0. The number of aromatic nitrogens is 4. The molecule has 0 radical (unpaired) electrons. The minimum absolute atomic E-state index is 0.101. The van der Waals surface area contributed by atoms with Gasteiger partial charge in [0.25, 0.3) is 0 Å². The molecule has 0 atom stereocenters. The molecule has 2 heterocycles. The largest absolute Gasteiger partial charge is 0.477 e. The van der Waals surface area contributed by atoms with Crippen LogP contribution in [0.2, 0.25) is 0 Å². The summed E-state index contributed by atoms with van der Waals surface area (Å²) in [5, 5.41) is 18.8. The van der Waals surface area contributed by atoms with Gasteiger partial charge in [0.15, 0.2) is 5.82 Å². The van der Waals surface area contributed by atoms with E-state index in [-0.39, 0.29) is 5.56 Å². The number of carboxylic acids is 1. The molecule has 6 nitrogen and oxygen atoms in total. The lowest BCUT2D eigenvalue weighted by Gasteiger charge is -1.97. The van der Waals surface area contributed by atoms with E-state index < -0.39 is 5.97 Å². The fourth-order valence-corrected chi connectivity index (χ4v) is 1.01. The maximum absolute atomic E-state index is 10.7. The molecule has 13 heavy (non-hydrogen) atoms. The van der Waals surface area contributed by atoms with Gasteiger partial charge in [-0.15, -0.1) is 0 Å². The van der Waals surface area contributed by atoms with Crippen LogP contribution >= 0.6 is 0 Å². The number of nitrogens with zero attached hydrogens (tertiary/aromatic N) is 3. The molecular weight excluding hydrogens is 172 g/mol. The van der Waals surface area contributed by atoms with Gasteiger partial charge in [0, 0.05) is 12.4 Å². The molecule has 0 bridgehead atoms. The second-order valence-corrected chi connectivity index (χ2v) is 2.39. The SMILES string of the molecule is O=C(O)c1cn[nH]c1-n1cccn1. The van der Waals surface area contributed by atoms with Crippen LogP contribution in [-0.2, 0) is 0 Å². The van der Waals surface area contributed by atoms with Gasteiger partial charge in [-0.05, 0) is 6.07 Å². The summed E-state index contributed by atoms with van der Waals surface area (Å²) in [4.78, 5) is 10.7. The number of rotatable bonds is 2. The zero-order valence-electron chi connectivity index (χ0n) is 6.51. The van der Waals surface area contributed by atoms with E-state index >= 15 is 0 Å². The molecule has 0 aliphatic carbocycles. The Kier molecular flexibility index (Phi) is 1.59. The maximum atomic E-state index is 10.7. The van der Waals surface area contributed by atoms with Gasteiger partial charge in [0.1, 0.15) is 5.56 Å². The molecule has 0 spiro atoms. The van der Waals surface area contributed by atoms with Crippen molar-refractivity contribution < 1.29 is 9.90 Å². The predicted molar refractivity (Wildman–Crippen MR) is 42.7 cm³/mol. The van der Waals surface area contributed by atoms with Gasteiger partial charge in [-0.25, -0.2) is 9.48 Å². The number of hydrogen-bond acceptors (Lipinski definition) is 3. The van der Waals surface area contributed by atoms with Crippen LogP contribution in [0.4, 0.5) is 0 Å². The average Bonchev–Trinajstić information content (AvgIpc) is 2.74. The number of carbonyl (C=O) groups is 1. The van der Waals surface area contributed by atoms with E-state index in [1.807, 2.05) is 0 Å². The van der Waals surface area contributed by atoms with Crippen molar-refractivity contribution >= 4 is 5.97 Å². The number of aromatic amines is 1. The van der Waals surface area contributed by atoms with Gasteiger partial charge in [-0.1, -0.05) is 0 Å². The Balaban J connectivity index is 2.52. The average molecular weight is 178 g/mol. The Morgan fingerprint density at radius 1 is 1.62 bits per heavy atom. The molecule has 2 rings (SSSR count). The van der Waals surface area contributed by atoms with Crippen LogP contribution in [0.5, 0.6) is 0 Å². The van der Waals surface area contributed by atoms with Crippen LogP contribution < -0.4 is 0 Å². The summed E-state index contributed by atoms with van der Waals surface area (Å²) >= 11 is 0. The Bertz CT molecular complexity index is 417. The second kappa shape index (κ2) is 2.74. The standard InChI is InChI=1S/C7H6N4O2/c12-7(13)5-4-8-10-6(5)11-3-1-2-9-11/h1-4H,(H,8,10)(H,12,13). The maximum Gasteiger partial charge on any atom is 0.341 e. The van der Waals surface area contributed by atoms with Gasteiger partial charge in [-0.3, -0.25) is 5.10 Å². The lowest BCUT2D eigenvalue weighted by molar-refractivity contribution is 0.0697. The van der Waals surface area contributed by atoms with Gasteiger partial charge in [-0.2, -0.15) is 10.2 Å². The first-order valence-corrected chi connectivity index (χ1v) is 3.55. The van der Waals surface area contributed by atoms with Crippen molar-refractivity contribution in [3.8, 4) is 5.82 Å². The third kappa shape index (κ3) is 1.18. The number of carboxylic acid groups (broad SMARTS) is 1. The second-order valence-electron chi connectivity index (χ2n) is 2.39. The minimum Gasteiger partial charge on any atom is -0.477 e. The van der Waals surface area contributed by atoms with E-state index in [4.69, 9.17) is 5.11 Å². The van der Waals surface area contributed by atoms with Gasteiger partial charge >= 0.3 is 5.97 Å². The van der Waals surface area contributed by atoms with Crippen molar-refractivity contribution in [2.75, 3.05) is 0 Å². The molecule has 0 fully saturated rings. The molecule has 66 valence electrons. The quantitative estimate of drug-likeness (QED) is 0.692. The van der Waals surface area contributed by atoms with Crippen molar-refractivity contribution in [2.45, 2.75) is 0 Å². The summed E-state index contributed by atoms with van der Waals surface area (Å²) in [6, 6.07) is 1.70. The normalized spacial score (nSPS) is 10.2. The third-order valence-electron chi connectivity index (χ3n) is 1.58. The summed E-state index contributed by atoms with van der Waals surface area (Å²) < 4.78 is 1.41. The zero-order valence-corrected chi connectivity index (χ0v) is 6.51. The van der Waals surface area contributed by atoms with Crippen LogP contribution in [0.15, 0.2) is 24.7 Å². The third-order valence-corrected chi connectivity index (χ3v) is 1.58. The molecule has 0 amide bonds.